The first-order valence-electron chi connectivity index (χ1n) is 11.3. The van der Waals surface area contributed by atoms with Crippen LogP contribution >= 0.6 is 22.9 Å². The Morgan fingerprint density at radius 1 is 0.973 bits per heavy atom. The van der Waals surface area contributed by atoms with Crippen LogP contribution in [0.15, 0.2) is 59.3 Å². The van der Waals surface area contributed by atoms with Crippen LogP contribution in [0.4, 0.5) is 16.5 Å². The number of carbonyl (C=O) groups excluding carboxylic acids is 4. The highest BCUT2D eigenvalue weighted by Gasteiger charge is 2.39. The highest BCUT2D eigenvalue weighted by Crippen LogP contribution is 2.30. The number of thiazole rings is 1. The molecule has 2 heterocycles. The summed E-state index contributed by atoms with van der Waals surface area (Å²) >= 11 is 7.60. The molecule has 11 heteroatoms. The number of hydrogen-bond donors (Lipinski definition) is 2. The normalized spacial score (nSPS) is 13.4. The van der Waals surface area contributed by atoms with Crippen molar-refractivity contribution in [2.24, 2.45) is 0 Å². The van der Waals surface area contributed by atoms with Crippen molar-refractivity contribution in [2.75, 3.05) is 15.5 Å². The van der Waals surface area contributed by atoms with Gasteiger partial charge in [-0.05, 0) is 76.2 Å². The van der Waals surface area contributed by atoms with Gasteiger partial charge in [0.2, 0.25) is 0 Å². The maximum Gasteiger partial charge on any atom is 0.338 e. The number of nitrogens with zero attached hydrogens (tertiary/aromatic N) is 2. The minimum Gasteiger partial charge on any atom is -0.459 e. The number of ether oxygens (including phenoxy) is 1. The number of aromatic nitrogens is 1. The lowest BCUT2D eigenvalue weighted by Gasteiger charge is -2.16. The Bertz CT molecular complexity index is 1410. The van der Waals surface area contributed by atoms with E-state index in [9.17, 15) is 19.2 Å². The van der Waals surface area contributed by atoms with Gasteiger partial charge >= 0.3 is 5.97 Å². The van der Waals surface area contributed by atoms with Crippen molar-refractivity contribution >= 4 is 63.1 Å². The van der Waals surface area contributed by atoms with E-state index in [1.165, 1.54) is 35.6 Å². The fraction of sp³-hybridized carbons (Fsp3) is 0.192. The van der Waals surface area contributed by atoms with Gasteiger partial charge in [0.1, 0.15) is 10.7 Å². The van der Waals surface area contributed by atoms with E-state index in [1.807, 2.05) is 13.8 Å². The summed E-state index contributed by atoms with van der Waals surface area (Å²) in [6.45, 7) is 7.28. The third-order valence-electron chi connectivity index (χ3n) is 5.40. The van der Waals surface area contributed by atoms with E-state index in [0.717, 1.165) is 15.5 Å². The topological polar surface area (TPSA) is 118 Å². The predicted octanol–water partition coefficient (Wildman–Crippen LogP) is 5.01. The van der Waals surface area contributed by atoms with Crippen LogP contribution in [0.3, 0.4) is 0 Å². The zero-order valence-corrected chi connectivity index (χ0v) is 22.0. The lowest BCUT2D eigenvalue weighted by Crippen LogP contribution is -2.32. The summed E-state index contributed by atoms with van der Waals surface area (Å²) in [7, 11) is 0. The van der Waals surface area contributed by atoms with Gasteiger partial charge in [-0.25, -0.2) is 14.7 Å². The first-order valence-corrected chi connectivity index (χ1v) is 12.5. The largest absolute Gasteiger partial charge is 0.459 e. The Kier molecular flexibility index (Phi) is 7.42. The summed E-state index contributed by atoms with van der Waals surface area (Å²) < 4.78 is 5.15. The van der Waals surface area contributed by atoms with Crippen molar-refractivity contribution in [3.63, 3.8) is 0 Å². The highest BCUT2D eigenvalue weighted by molar-refractivity contribution is 7.15. The molecule has 1 aromatic heterocycles. The maximum atomic E-state index is 13.0. The molecular formula is C26H23ClN4O5S. The first kappa shape index (κ1) is 26.1. The first-order chi connectivity index (χ1) is 17.5. The fourth-order valence-electron chi connectivity index (χ4n) is 3.42. The second-order valence-corrected chi connectivity index (χ2v) is 10.0. The van der Waals surface area contributed by atoms with Crippen molar-refractivity contribution in [1.82, 2.24) is 4.98 Å². The van der Waals surface area contributed by atoms with Crippen molar-refractivity contribution in [3.8, 4) is 0 Å². The number of rotatable bonds is 7. The molecule has 0 fully saturated rings. The number of halogens is 1. The molecule has 3 aromatic rings. The van der Waals surface area contributed by atoms with Crippen LogP contribution in [0.2, 0.25) is 0 Å². The molecule has 1 aliphatic rings. The summed E-state index contributed by atoms with van der Waals surface area (Å²) in [5.41, 5.74) is 2.16. The Hall–Kier alpha value is -4.02. The monoisotopic (exact) mass is 538 g/mol. The summed E-state index contributed by atoms with van der Waals surface area (Å²) in [6, 6.07) is 12.2. The van der Waals surface area contributed by atoms with Crippen LogP contribution < -0.4 is 15.5 Å². The molecule has 0 spiro atoms. The summed E-state index contributed by atoms with van der Waals surface area (Å²) in [5.74, 6) is -2.18. The van der Waals surface area contributed by atoms with Crippen molar-refractivity contribution in [1.29, 1.82) is 0 Å². The smallest absolute Gasteiger partial charge is 0.338 e. The Labute approximate surface area is 222 Å². The van der Waals surface area contributed by atoms with Gasteiger partial charge in [-0.2, -0.15) is 0 Å². The van der Waals surface area contributed by atoms with Gasteiger partial charge in [0.05, 0.1) is 23.0 Å². The fourth-order valence-corrected chi connectivity index (χ4v) is 4.44. The van der Waals surface area contributed by atoms with E-state index in [4.69, 9.17) is 16.3 Å². The zero-order chi connectivity index (χ0) is 26.9. The number of nitrogens with one attached hydrogen (secondary N) is 2. The minimum atomic E-state index is -0.697. The van der Waals surface area contributed by atoms with Gasteiger partial charge in [-0.3, -0.25) is 19.7 Å². The molecule has 4 rings (SSSR count). The van der Waals surface area contributed by atoms with Gasteiger partial charge in [0.15, 0.2) is 5.13 Å². The van der Waals surface area contributed by atoms with E-state index >= 15 is 0 Å². The number of esters is 1. The van der Waals surface area contributed by atoms with E-state index in [0.29, 0.717) is 21.9 Å². The molecule has 2 aromatic carbocycles. The lowest BCUT2D eigenvalue weighted by atomic mass is 10.2. The number of aryl methyl sites for hydroxylation is 2. The molecule has 0 unspecified atom stereocenters. The Balaban J connectivity index is 1.45. The third kappa shape index (κ3) is 5.55. The molecule has 0 saturated heterocycles. The van der Waals surface area contributed by atoms with Crippen LogP contribution in [-0.2, 0) is 14.3 Å². The van der Waals surface area contributed by atoms with Gasteiger partial charge in [-0.1, -0.05) is 11.6 Å². The molecule has 0 atom stereocenters. The second-order valence-electron chi connectivity index (χ2n) is 8.45. The van der Waals surface area contributed by atoms with Crippen molar-refractivity contribution in [3.05, 3.63) is 81.0 Å². The number of amides is 3. The van der Waals surface area contributed by atoms with Gasteiger partial charge in [0.25, 0.3) is 17.7 Å². The molecule has 3 amide bonds. The maximum absolute atomic E-state index is 13.0. The number of imide groups is 1. The van der Waals surface area contributed by atoms with Gasteiger partial charge in [0, 0.05) is 16.1 Å². The van der Waals surface area contributed by atoms with Crippen LogP contribution in [0.1, 0.15) is 45.1 Å². The number of carbonyl (C=O) groups is 4. The zero-order valence-electron chi connectivity index (χ0n) is 20.4. The molecule has 0 bridgehead atoms. The van der Waals surface area contributed by atoms with Crippen LogP contribution in [0.5, 0.6) is 0 Å². The lowest BCUT2D eigenvalue weighted by molar-refractivity contribution is -0.120. The van der Waals surface area contributed by atoms with Crippen molar-refractivity contribution < 1.29 is 23.9 Å². The number of benzene rings is 2. The third-order valence-corrected chi connectivity index (χ3v) is 6.74. The van der Waals surface area contributed by atoms with E-state index in [1.54, 1.807) is 38.1 Å². The van der Waals surface area contributed by atoms with Crippen LogP contribution in [0.25, 0.3) is 0 Å². The summed E-state index contributed by atoms with van der Waals surface area (Å²) in [4.78, 5) is 56.6. The average Bonchev–Trinajstić information content (AvgIpc) is 3.28. The Morgan fingerprint density at radius 2 is 1.59 bits per heavy atom. The highest BCUT2D eigenvalue weighted by atomic mass is 35.5. The molecule has 2 N–H and O–H groups in total. The molecule has 0 radical (unpaired) electrons. The molecule has 0 aliphatic carbocycles. The summed E-state index contributed by atoms with van der Waals surface area (Å²) in [6.07, 6.45) is -0.277. The predicted molar refractivity (Wildman–Crippen MR) is 142 cm³/mol. The molecule has 0 saturated carbocycles. The van der Waals surface area contributed by atoms with Crippen LogP contribution in [-0.4, -0.2) is 34.8 Å². The molecular weight excluding hydrogens is 516 g/mol. The van der Waals surface area contributed by atoms with E-state index in [2.05, 4.69) is 15.6 Å². The van der Waals surface area contributed by atoms with Crippen LogP contribution in [0, 0.1) is 13.8 Å². The quantitative estimate of drug-likeness (QED) is 0.320. The van der Waals surface area contributed by atoms with Gasteiger partial charge in [-0.15, -0.1) is 11.3 Å². The molecule has 1 aliphatic heterocycles. The second kappa shape index (κ2) is 10.5. The minimum absolute atomic E-state index is 0.0964. The van der Waals surface area contributed by atoms with Gasteiger partial charge < -0.3 is 10.1 Å². The van der Waals surface area contributed by atoms with Crippen molar-refractivity contribution in [2.45, 2.75) is 33.8 Å². The number of anilines is 3. The Morgan fingerprint density at radius 3 is 2.16 bits per heavy atom. The molecule has 37 heavy (non-hydrogen) atoms. The standard InChI is InChI=1S/C26H23ClN4O5S/c1-13(2)36-25(35)17-7-11-19(12-8-17)31-23(33)20(27)21(24(31)34)29-18-9-5-16(6-10-18)22(32)30-26-28-14(3)15(4)37-26/h5-13,29H,1-4H3,(H,28,30,32). The molecule has 9 nitrogen and oxygen atoms in total. The number of hydrogen-bond acceptors (Lipinski definition) is 8. The van der Waals surface area contributed by atoms with E-state index in [-0.39, 0.29) is 28.4 Å². The summed E-state index contributed by atoms with van der Waals surface area (Å²) in [5, 5.41) is 5.87. The molecule has 190 valence electrons. The SMILES string of the molecule is Cc1nc(NC(=O)c2ccc(NC3=C(Cl)C(=O)N(c4ccc(C(=O)OC(C)C)cc4)C3=O)cc2)sc1C. The van der Waals surface area contributed by atoms with E-state index < -0.39 is 17.8 Å². The average molecular weight is 539 g/mol.